The molecule has 0 spiro atoms. The average molecular weight is 498 g/mol. The van der Waals surface area contributed by atoms with Crippen LogP contribution in [0.15, 0.2) is 58.2 Å². The molecule has 1 amide bonds. The fourth-order valence-corrected chi connectivity index (χ4v) is 6.43. The van der Waals surface area contributed by atoms with Crippen molar-refractivity contribution in [2.24, 2.45) is 0 Å². The van der Waals surface area contributed by atoms with Gasteiger partial charge >= 0.3 is 0 Å². The number of hydrogen-bond acceptors (Lipinski definition) is 5. The second kappa shape index (κ2) is 10.6. The lowest BCUT2D eigenvalue weighted by Crippen LogP contribution is -2.43. The molecule has 0 aliphatic carbocycles. The Morgan fingerprint density at radius 1 is 1.14 bits per heavy atom. The maximum Gasteiger partial charge on any atom is 0.252 e. The van der Waals surface area contributed by atoms with Gasteiger partial charge in [0.1, 0.15) is 5.75 Å². The zero-order valence-electron chi connectivity index (χ0n) is 20.0. The molecule has 1 fully saturated rings. The summed E-state index contributed by atoms with van der Waals surface area (Å²) in [4.78, 5) is 28.2. The highest BCUT2D eigenvalue weighted by molar-refractivity contribution is 7.89. The van der Waals surface area contributed by atoms with Gasteiger partial charge in [0.2, 0.25) is 15.6 Å². The van der Waals surface area contributed by atoms with E-state index in [1.165, 1.54) is 18.2 Å². The van der Waals surface area contributed by atoms with Crippen molar-refractivity contribution >= 4 is 26.8 Å². The van der Waals surface area contributed by atoms with E-state index in [9.17, 15) is 18.0 Å². The molecule has 3 aromatic rings. The Morgan fingerprint density at radius 3 is 2.71 bits per heavy atom. The zero-order chi connectivity index (χ0) is 25.0. The van der Waals surface area contributed by atoms with Crippen molar-refractivity contribution < 1.29 is 17.9 Å². The Labute approximate surface area is 205 Å². The van der Waals surface area contributed by atoms with Crippen LogP contribution in [-0.4, -0.2) is 42.8 Å². The molecular formula is C26H31N3O5S. The lowest BCUT2D eigenvalue weighted by molar-refractivity contribution is 0.0952. The number of aromatic amines is 1. The molecule has 2 heterocycles. The monoisotopic (exact) mass is 497 g/mol. The van der Waals surface area contributed by atoms with Gasteiger partial charge in [0.15, 0.2) is 0 Å². The molecule has 0 bridgehead atoms. The summed E-state index contributed by atoms with van der Waals surface area (Å²) in [6.45, 7) is 5.06. The molecule has 8 nitrogen and oxygen atoms in total. The van der Waals surface area contributed by atoms with Crippen molar-refractivity contribution in [1.29, 1.82) is 0 Å². The molecule has 1 atom stereocenters. The third kappa shape index (κ3) is 5.26. The first kappa shape index (κ1) is 24.9. The summed E-state index contributed by atoms with van der Waals surface area (Å²) in [5.41, 5.74) is 0.897. The minimum Gasteiger partial charge on any atom is -0.494 e. The van der Waals surface area contributed by atoms with Crippen molar-refractivity contribution in [2.75, 3.05) is 13.2 Å². The molecule has 4 rings (SSSR count). The number of pyridine rings is 1. The Morgan fingerprint density at radius 2 is 1.94 bits per heavy atom. The number of fused-ring (bicyclic) bond motifs is 1. The summed E-state index contributed by atoms with van der Waals surface area (Å²) < 4.78 is 34.2. The van der Waals surface area contributed by atoms with Crippen molar-refractivity contribution in [1.82, 2.24) is 14.6 Å². The van der Waals surface area contributed by atoms with E-state index < -0.39 is 21.5 Å². The van der Waals surface area contributed by atoms with Gasteiger partial charge in [-0.1, -0.05) is 31.5 Å². The fourth-order valence-electron chi connectivity index (χ4n) is 4.63. The molecule has 0 radical (unpaired) electrons. The number of hydrogen-bond donors (Lipinski definition) is 2. The lowest BCUT2D eigenvalue weighted by Gasteiger charge is -2.34. The zero-order valence-corrected chi connectivity index (χ0v) is 20.9. The van der Waals surface area contributed by atoms with Crippen LogP contribution in [0, 0.1) is 0 Å². The quantitative estimate of drug-likeness (QED) is 0.492. The Hall–Kier alpha value is -3.17. The summed E-state index contributed by atoms with van der Waals surface area (Å²) in [7, 11) is -3.74. The van der Waals surface area contributed by atoms with Crippen molar-refractivity contribution in [3.05, 3.63) is 70.0 Å². The number of nitrogens with zero attached hydrogens (tertiary/aromatic N) is 1. The van der Waals surface area contributed by atoms with E-state index >= 15 is 0 Å². The first-order valence-electron chi connectivity index (χ1n) is 12.0. The van der Waals surface area contributed by atoms with Gasteiger partial charge in [-0.2, -0.15) is 4.31 Å². The lowest BCUT2D eigenvalue weighted by atomic mass is 10.0. The van der Waals surface area contributed by atoms with Gasteiger partial charge in [-0.3, -0.25) is 9.59 Å². The number of benzene rings is 2. The maximum absolute atomic E-state index is 13.5. The second-order valence-corrected chi connectivity index (χ2v) is 10.5. The van der Waals surface area contributed by atoms with Gasteiger partial charge < -0.3 is 15.0 Å². The highest BCUT2D eigenvalue weighted by atomic mass is 32.2. The van der Waals surface area contributed by atoms with E-state index in [-0.39, 0.29) is 23.0 Å². The van der Waals surface area contributed by atoms with Gasteiger partial charge in [0.25, 0.3) is 5.91 Å². The SMILES string of the molecule is CCOc1ccccc1CNC(=O)c1cc(=O)[nH]c2ccc(S(=O)(=O)N3CCCC[C@@H]3CC)cc12. The van der Waals surface area contributed by atoms with Gasteiger partial charge in [-0.05, 0) is 50.5 Å². The van der Waals surface area contributed by atoms with Gasteiger partial charge in [0.05, 0.1) is 17.1 Å². The summed E-state index contributed by atoms with van der Waals surface area (Å²) >= 11 is 0. The minimum absolute atomic E-state index is 0.0341. The number of para-hydroxylation sites is 1. The number of amides is 1. The number of rotatable bonds is 8. The first-order chi connectivity index (χ1) is 16.8. The molecule has 1 aliphatic rings. The molecule has 2 N–H and O–H groups in total. The van der Waals surface area contributed by atoms with E-state index in [0.717, 1.165) is 31.2 Å². The van der Waals surface area contributed by atoms with E-state index in [1.807, 2.05) is 38.1 Å². The number of piperidine rings is 1. The molecule has 1 saturated heterocycles. The van der Waals surface area contributed by atoms with E-state index in [0.29, 0.717) is 29.8 Å². The average Bonchev–Trinajstić information content (AvgIpc) is 2.87. The van der Waals surface area contributed by atoms with Crippen LogP contribution in [0.25, 0.3) is 10.9 Å². The molecule has 2 aromatic carbocycles. The van der Waals surface area contributed by atoms with Gasteiger partial charge in [-0.15, -0.1) is 0 Å². The van der Waals surface area contributed by atoms with Crippen LogP contribution in [0.1, 0.15) is 55.5 Å². The van der Waals surface area contributed by atoms with Crippen LogP contribution < -0.4 is 15.6 Å². The van der Waals surface area contributed by atoms with Crippen LogP contribution in [0.2, 0.25) is 0 Å². The Balaban J connectivity index is 1.68. The predicted octanol–water partition coefficient (Wildman–Crippen LogP) is 3.81. The van der Waals surface area contributed by atoms with E-state index in [2.05, 4.69) is 10.3 Å². The van der Waals surface area contributed by atoms with Crippen LogP contribution in [0.3, 0.4) is 0 Å². The van der Waals surface area contributed by atoms with Gasteiger partial charge in [-0.25, -0.2) is 8.42 Å². The predicted molar refractivity (Wildman–Crippen MR) is 135 cm³/mol. The third-order valence-electron chi connectivity index (χ3n) is 6.42. The molecule has 1 aliphatic heterocycles. The third-order valence-corrected chi connectivity index (χ3v) is 8.37. The number of aromatic nitrogens is 1. The van der Waals surface area contributed by atoms with Crippen molar-refractivity contribution in [3.8, 4) is 5.75 Å². The Bertz CT molecular complexity index is 1380. The van der Waals surface area contributed by atoms with Crippen LogP contribution in [-0.2, 0) is 16.6 Å². The molecular weight excluding hydrogens is 466 g/mol. The molecule has 35 heavy (non-hydrogen) atoms. The molecule has 0 unspecified atom stereocenters. The number of nitrogens with one attached hydrogen (secondary N) is 2. The van der Waals surface area contributed by atoms with Gasteiger partial charge in [0, 0.05) is 41.7 Å². The number of carbonyl (C=O) groups is 1. The van der Waals surface area contributed by atoms with E-state index in [1.54, 1.807) is 10.4 Å². The number of carbonyl (C=O) groups excluding carboxylic acids is 1. The topological polar surface area (TPSA) is 109 Å². The standard InChI is InChI=1S/C26H31N3O5S/c1-3-19-10-7-8-14-29(19)35(32,33)20-12-13-23-21(15-20)22(16-25(30)28-23)26(31)27-17-18-9-5-6-11-24(18)34-4-2/h5-6,9,11-13,15-16,19H,3-4,7-8,10,14,17H2,1-2H3,(H,27,31)(H,28,30)/t19-/m0/s1. The highest BCUT2D eigenvalue weighted by Crippen LogP contribution is 2.29. The maximum atomic E-state index is 13.5. The number of sulfonamides is 1. The van der Waals surface area contributed by atoms with E-state index in [4.69, 9.17) is 4.74 Å². The second-order valence-electron chi connectivity index (χ2n) is 8.65. The largest absolute Gasteiger partial charge is 0.494 e. The smallest absolute Gasteiger partial charge is 0.252 e. The number of H-pyrrole nitrogens is 1. The molecule has 0 saturated carbocycles. The molecule has 9 heteroatoms. The Kier molecular flexibility index (Phi) is 7.57. The summed E-state index contributed by atoms with van der Waals surface area (Å²) in [5.74, 6) is 0.206. The molecule has 186 valence electrons. The van der Waals surface area contributed by atoms with Crippen LogP contribution in [0.5, 0.6) is 5.75 Å². The summed E-state index contributed by atoms with van der Waals surface area (Å²) in [5, 5.41) is 3.22. The fraction of sp³-hybridized carbons (Fsp3) is 0.385. The van der Waals surface area contributed by atoms with Crippen molar-refractivity contribution in [3.63, 3.8) is 0 Å². The van der Waals surface area contributed by atoms with Crippen LogP contribution in [0.4, 0.5) is 0 Å². The summed E-state index contributed by atoms with van der Waals surface area (Å²) in [6, 6.07) is 13.1. The first-order valence-corrected chi connectivity index (χ1v) is 13.5. The highest BCUT2D eigenvalue weighted by Gasteiger charge is 2.32. The summed E-state index contributed by atoms with van der Waals surface area (Å²) in [6.07, 6.45) is 3.43. The number of ether oxygens (including phenoxy) is 1. The van der Waals surface area contributed by atoms with Crippen LogP contribution >= 0.6 is 0 Å². The van der Waals surface area contributed by atoms with Crippen molar-refractivity contribution in [2.45, 2.75) is 57.0 Å². The molecule has 1 aromatic heterocycles. The normalized spacial score (nSPS) is 16.8. The minimum atomic E-state index is -3.74.